The van der Waals surface area contributed by atoms with Gasteiger partial charge in [0.25, 0.3) is 0 Å². The van der Waals surface area contributed by atoms with Gasteiger partial charge in [0.15, 0.2) is 0 Å². The maximum Gasteiger partial charge on any atom is 0.0329 e. The highest BCUT2D eigenvalue weighted by molar-refractivity contribution is 4.97. The molecular weight excluding hydrogens is 256 g/mol. The van der Waals surface area contributed by atoms with Crippen molar-refractivity contribution in [3.63, 3.8) is 0 Å². The largest absolute Gasteiger partial charge is 0.311 e. The van der Waals surface area contributed by atoms with Gasteiger partial charge >= 0.3 is 0 Å². The summed E-state index contributed by atoms with van der Waals surface area (Å²) in [6.07, 6.45) is 10.7. The van der Waals surface area contributed by atoms with Crippen molar-refractivity contribution in [2.75, 3.05) is 19.6 Å². The van der Waals surface area contributed by atoms with Crippen LogP contribution in [0.3, 0.4) is 0 Å². The van der Waals surface area contributed by atoms with E-state index in [-0.39, 0.29) is 0 Å². The third-order valence-electron chi connectivity index (χ3n) is 5.81. The van der Waals surface area contributed by atoms with Crippen LogP contribution in [-0.2, 0) is 0 Å². The first-order valence-electron chi connectivity index (χ1n) is 9.64. The van der Waals surface area contributed by atoms with Crippen molar-refractivity contribution in [3.05, 3.63) is 0 Å². The monoisotopic (exact) mass is 296 g/mol. The molecule has 0 radical (unpaired) electrons. The lowest BCUT2D eigenvalue weighted by molar-refractivity contribution is 0.0152. The molecule has 1 fully saturated rings. The first-order chi connectivity index (χ1) is 10.2. The zero-order valence-corrected chi connectivity index (χ0v) is 15.4. The second kappa shape index (κ2) is 9.84. The van der Waals surface area contributed by atoms with E-state index in [1.54, 1.807) is 0 Å². The zero-order valence-electron chi connectivity index (χ0n) is 15.4. The average Bonchev–Trinajstić information content (AvgIpc) is 2.52. The molecule has 0 aromatic rings. The molecule has 2 heteroatoms. The molecule has 0 bridgehead atoms. The van der Waals surface area contributed by atoms with Crippen molar-refractivity contribution in [3.8, 4) is 0 Å². The molecule has 0 spiro atoms. The molecule has 126 valence electrons. The predicted molar refractivity (Wildman–Crippen MR) is 94.9 cm³/mol. The molecule has 2 nitrogen and oxygen atoms in total. The fourth-order valence-corrected chi connectivity index (χ4v) is 3.96. The number of hydrogen-bond donors (Lipinski definition) is 1. The molecule has 1 aliphatic rings. The van der Waals surface area contributed by atoms with Gasteiger partial charge in [0.2, 0.25) is 0 Å². The van der Waals surface area contributed by atoms with E-state index in [0.717, 1.165) is 5.92 Å². The molecule has 1 heterocycles. The molecule has 21 heavy (non-hydrogen) atoms. The van der Waals surface area contributed by atoms with Gasteiger partial charge in [0, 0.05) is 31.2 Å². The normalized spacial score (nSPS) is 24.1. The van der Waals surface area contributed by atoms with Gasteiger partial charge in [-0.05, 0) is 31.6 Å². The summed E-state index contributed by atoms with van der Waals surface area (Å²) in [6, 6.07) is 0.713. The molecule has 1 rings (SSSR count). The molecule has 2 unspecified atom stereocenters. The Labute approximate surface area is 134 Å². The maximum atomic E-state index is 3.84. The molecular formula is C19H40N2. The first-order valence-corrected chi connectivity index (χ1v) is 9.64. The molecule has 1 N–H and O–H groups in total. The minimum Gasteiger partial charge on any atom is -0.311 e. The van der Waals surface area contributed by atoms with E-state index in [4.69, 9.17) is 0 Å². The lowest BCUT2D eigenvalue weighted by Gasteiger charge is -2.51. The Morgan fingerprint density at radius 1 is 1.10 bits per heavy atom. The summed E-state index contributed by atoms with van der Waals surface area (Å²) < 4.78 is 0. The predicted octanol–water partition coefficient (Wildman–Crippen LogP) is 4.84. The van der Waals surface area contributed by atoms with Crippen molar-refractivity contribution in [2.24, 2.45) is 5.92 Å². The highest BCUT2D eigenvalue weighted by atomic mass is 15.3. The van der Waals surface area contributed by atoms with E-state index < -0.39 is 0 Å². The van der Waals surface area contributed by atoms with Crippen molar-refractivity contribution in [1.82, 2.24) is 10.2 Å². The number of nitrogens with one attached hydrogen (secondary N) is 1. The van der Waals surface area contributed by atoms with Gasteiger partial charge in [-0.1, -0.05) is 60.3 Å². The molecule has 0 aromatic heterocycles. The van der Waals surface area contributed by atoms with Gasteiger partial charge in [0.05, 0.1) is 0 Å². The van der Waals surface area contributed by atoms with Crippen LogP contribution in [-0.4, -0.2) is 36.1 Å². The van der Waals surface area contributed by atoms with Crippen LogP contribution in [0.25, 0.3) is 0 Å². The lowest BCUT2D eigenvalue weighted by Crippen LogP contribution is -2.64. The lowest BCUT2D eigenvalue weighted by atomic mass is 9.85. The smallest absolute Gasteiger partial charge is 0.0329 e. The third kappa shape index (κ3) is 5.25. The number of piperazine rings is 1. The third-order valence-corrected chi connectivity index (χ3v) is 5.81. The summed E-state index contributed by atoms with van der Waals surface area (Å²) in [7, 11) is 0. The second-order valence-corrected chi connectivity index (χ2v) is 7.12. The van der Waals surface area contributed by atoms with Crippen LogP contribution < -0.4 is 5.32 Å². The van der Waals surface area contributed by atoms with Crippen LogP contribution in [0, 0.1) is 5.92 Å². The molecule has 1 aliphatic heterocycles. The fraction of sp³-hybridized carbons (Fsp3) is 1.00. The Balaban J connectivity index is 2.72. The van der Waals surface area contributed by atoms with Crippen molar-refractivity contribution in [1.29, 1.82) is 0 Å². The standard InChI is InChI=1S/C19H40N2/c1-6-11-13-17(8-3)14-21-15-18(12-7-2)20-16-19(21,9-4)10-5/h17-18,20H,6-16H2,1-5H3. The summed E-state index contributed by atoms with van der Waals surface area (Å²) in [6.45, 7) is 15.5. The number of hydrogen-bond acceptors (Lipinski definition) is 2. The quantitative estimate of drug-likeness (QED) is 0.621. The van der Waals surface area contributed by atoms with Crippen LogP contribution in [0.4, 0.5) is 0 Å². The number of rotatable bonds is 10. The molecule has 2 atom stereocenters. The highest BCUT2D eigenvalue weighted by Crippen LogP contribution is 2.30. The Hall–Kier alpha value is -0.0800. The Bertz CT molecular complexity index is 260. The van der Waals surface area contributed by atoms with Crippen LogP contribution in [0.15, 0.2) is 0 Å². The second-order valence-electron chi connectivity index (χ2n) is 7.12. The van der Waals surface area contributed by atoms with Crippen molar-refractivity contribution < 1.29 is 0 Å². The molecule has 0 amide bonds. The van der Waals surface area contributed by atoms with Gasteiger partial charge in [0.1, 0.15) is 0 Å². The number of nitrogens with zero attached hydrogens (tertiary/aromatic N) is 1. The SMILES string of the molecule is CCCCC(CC)CN1CC(CCC)NCC1(CC)CC. The minimum absolute atomic E-state index is 0.407. The molecule has 0 saturated carbocycles. The fourth-order valence-electron chi connectivity index (χ4n) is 3.96. The molecule has 0 aromatic carbocycles. The van der Waals surface area contributed by atoms with E-state index in [1.807, 2.05) is 0 Å². The van der Waals surface area contributed by atoms with Crippen molar-refractivity contribution in [2.45, 2.75) is 97.6 Å². The zero-order chi connectivity index (χ0) is 15.7. The summed E-state index contributed by atoms with van der Waals surface area (Å²) in [5, 5.41) is 3.84. The number of unbranched alkanes of at least 4 members (excludes halogenated alkanes) is 1. The molecule has 1 saturated heterocycles. The van der Waals surface area contributed by atoms with E-state index in [1.165, 1.54) is 71.0 Å². The summed E-state index contributed by atoms with van der Waals surface area (Å²) >= 11 is 0. The van der Waals surface area contributed by atoms with Crippen LogP contribution in [0.2, 0.25) is 0 Å². The first kappa shape index (κ1) is 19.0. The summed E-state index contributed by atoms with van der Waals surface area (Å²) in [4.78, 5) is 2.87. The van der Waals surface area contributed by atoms with Crippen molar-refractivity contribution >= 4 is 0 Å². The maximum absolute atomic E-state index is 3.84. The van der Waals surface area contributed by atoms with E-state index in [9.17, 15) is 0 Å². The van der Waals surface area contributed by atoms with Gasteiger partial charge < -0.3 is 5.32 Å². The van der Waals surface area contributed by atoms with Crippen LogP contribution in [0.1, 0.15) is 86.0 Å². The van der Waals surface area contributed by atoms with Crippen LogP contribution >= 0.6 is 0 Å². The van der Waals surface area contributed by atoms with E-state index >= 15 is 0 Å². The Kier molecular flexibility index (Phi) is 8.89. The summed E-state index contributed by atoms with van der Waals surface area (Å²) in [5.41, 5.74) is 0.407. The van der Waals surface area contributed by atoms with Gasteiger partial charge in [-0.3, -0.25) is 4.90 Å². The van der Waals surface area contributed by atoms with Gasteiger partial charge in [-0.2, -0.15) is 0 Å². The van der Waals surface area contributed by atoms with Gasteiger partial charge in [-0.15, -0.1) is 0 Å². The van der Waals surface area contributed by atoms with E-state index in [2.05, 4.69) is 44.8 Å². The average molecular weight is 297 g/mol. The highest BCUT2D eigenvalue weighted by Gasteiger charge is 2.39. The Morgan fingerprint density at radius 3 is 2.33 bits per heavy atom. The minimum atomic E-state index is 0.407. The van der Waals surface area contributed by atoms with Gasteiger partial charge in [-0.25, -0.2) is 0 Å². The summed E-state index contributed by atoms with van der Waals surface area (Å²) in [5.74, 6) is 0.891. The topological polar surface area (TPSA) is 15.3 Å². The van der Waals surface area contributed by atoms with E-state index in [0.29, 0.717) is 11.6 Å². The molecule has 0 aliphatic carbocycles. The van der Waals surface area contributed by atoms with Crippen LogP contribution in [0.5, 0.6) is 0 Å². The Morgan fingerprint density at radius 2 is 1.81 bits per heavy atom.